The average Bonchev–Trinajstić information content (AvgIpc) is 2.69. The second-order valence-electron chi connectivity index (χ2n) is 7.30. The topological polar surface area (TPSA) is 60.9 Å². The number of hydrogen-bond acceptors (Lipinski definition) is 4. The quantitative estimate of drug-likeness (QED) is 0.771. The molecule has 2 aromatic rings. The van der Waals surface area contributed by atoms with Crippen LogP contribution in [0.3, 0.4) is 0 Å². The minimum atomic E-state index is -3.86. The van der Waals surface area contributed by atoms with Crippen LogP contribution in [-0.2, 0) is 14.8 Å². The van der Waals surface area contributed by atoms with Gasteiger partial charge in [-0.3, -0.25) is 9.10 Å². The molecule has 0 aliphatic carbocycles. The molecule has 1 aliphatic rings. The fourth-order valence-electron chi connectivity index (χ4n) is 3.29. The van der Waals surface area contributed by atoms with Gasteiger partial charge < -0.3 is 9.80 Å². The fourth-order valence-corrected chi connectivity index (χ4v) is 4.78. The maximum atomic E-state index is 13.4. The third-order valence-corrected chi connectivity index (χ3v) is 6.87. The predicted octanol–water partition coefficient (Wildman–Crippen LogP) is 2.27. The Bertz CT molecular complexity index is 937. The Morgan fingerprint density at radius 3 is 2.29 bits per heavy atom. The summed E-state index contributed by atoms with van der Waals surface area (Å²) in [5, 5.41) is 0. The van der Waals surface area contributed by atoms with Crippen LogP contribution < -0.4 is 4.31 Å². The highest BCUT2D eigenvalue weighted by atomic mass is 32.2. The van der Waals surface area contributed by atoms with Crippen molar-refractivity contribution in [3.63, 3.8) is 0 Å². The van der Waals surface area contributed by atoms with Gasteiger partial charge in [0.05, 0.1) is 10.6 Å². The molecule has 1 aliphatic heterocycles. The van der Waals surface area contributed by atoms with Gasteiger partial charge >= 0.3 is 0 Å². The highest BCUT2D eigenvalue weighted by Crippen LogP contribution is 2.28. The predicted molar refractivity (Wildman–Crippen MR) is 111 cm³/mol. The highest BCUT2D eigenvalue weighted by molar-refractivity contribution is 7.92. The molecular formula is C21H27N3O3S. The molecule has 0 N–H and O–H groups in total. The van der Waals surface area contributed by atoms with Crippen molar-refractivity contribution in [3.8, 4) is 0 Å². The van der Waals surface area contributed by atoms with E-state index in [1.54, 1.807) is 35.2 Å². The second-order valence-corrected chi connectivity index (χ2v) is 9.16. The molecule has 0 saturated carbocycles. The summed E-state index contributed by atoms with van der Waals surface area (Å²) in [5.74, 6) is -0.173. The first-order valence-electron chi connectivity index (χ1n) is 9.40. The Labute approximate surface area is 167 Å². The molecule has 6 nitrogen and oxygen atoms in total. The molecule has 0 unspecified atom stereocenters. The molecule has 150 valence electrons. The monoisotopic (exact) mass is 401 g/mol. The number of hydrogen-bond donors (Lipinski definition) is 0. The van der Waals surface area contributed by atoms with Crippen LogP contribution in [-0.4, -0.2) is 63.9 Å². The van der Waals surface area contributed by atoms with Gasteiger partial charge in [0.1, 0.15) is 6.54 Å². The van der Waals surface area contributed by atoms with Crippen LogP contribution in [0.5, 0.6) is 0 Å². The minimum Gasteiger partial charge on any atom is -0.339 e. The van der Waals surface area contributed by atoms with Crippen molar-refractivity contribution in [1.29, 1.82) is 0 Å². The molecule has 2 aromatic carbocycles. The smallest absolute Gasteiger partial charge is 0.264 e. The molecule has 1 amide bonds. The van der Waals surface area contributed by atoms with Gasteiger partial charge in [-0.25, -0.2) is 8.42 Å². The van der Waals surface area contributed by atoms with E-state index in [9.17, 15) is 13.2 Å². The Kier molecular flexibility index (Phi) is 6.05. The van der Waals surface area contributed by atoms with E-state index in [0.29, 0.717) is 18.8 Å². The van der Waals surface area contributed by atoms with Gasteiger partial charge in [0.15, 0.2) is 0 Å². The van der Waals surface area contributed by atoms with Crippen LogP contribution in [0.4, 0.5) is 5.69 Å². The summed E-state index contributed by atoms with van der Waals surface area (Å²) < 4.78 is 28.1. The van der Waals surface area contributed by atoms with Gasteiger partial charge in [0, 0.05) is 26.2 Å². The first kappa shape index (κ1) is 20.4. The lowest BCUT2D eigenvalue weighted by Gasteiger charge is -2.34. The summed E-state index contributed by atoms with van der Waals surface area (Å²) in [7, 11) is -1.84. The number of aryl methyl sites for hydroxylation is 2. The molecule has 28 heavy (non-hydrogen) atoms. The van der Waals surface area contributed by atoms with E-state index in [1.807, 2.05) is 39.1 Å². The third-order valence-electron chi connectivity index (χ3n) is 5.10. The van der Waals surface area contributed by atoms with Crippen molar-refractivity contribution in [2.75, 3.05) is 44.1 Å². The van der Waals surface area contributed by atoms with E-state index in [1.165, 1.54) is 4.31 Å². The zero-order valence-corrected chi connectivity index (χ0v) is 17.4. The number of amides is 1. The van der Waals surface area contributed by atoms with Gasteiger partial charge in [-0.15, -0.1) is 0 Å². The number of nitrogens with zero attached hydrogens (tertiary/aromatic N) is 3. The first-order valence-corrected chi connectivity index (χ1v) is 10.8. The van der Waals surface area contributed by atoms with Crippen molar-refractivity contribution in [2.24, 2.45) is 0 Å². The molecule has 1 saturated heterocycles. The average molecular weight is 402 g/mol. The number of anilines is 1. The second kappa shape index (κ2) is 8.32. The van der Waals surface area contributed by atoms with E-state index >= 15 is 0 Å². The summed E-state index contributed by atoms with van der Waals surface area (Å²) in [6.07, 6.45) is 0. The molecular weight excluding hydrogens is 374 g/mol. The third kappa shape index (κ3) is 4.36. The van der Waals surface area contributed by atoms with E-state index < -0.39 is 10.0 Å². The molecule has 3 rings (SSSR count). The van der Waals surface area contributed by atoms with Gasteiger partial charge in [0.25, 0.3) is 10.0 Å². The zero-order chi connectivity index (χ0) is 20.3. The lowest BCUT2D eigenvalue weighted by atomic mass is 10.1. The summed E-state index contributed by atoms with van der Waals surface area (Å²) in [6.45, 7) is 6.39. The van der Waals surface area contributed by atoms with E-state index in [-0.39, 0.29) is 17.3 Å². The SMILES string of the molecule is Cc1ccc(C)c(N(CC(=O)N2CCN(C)CC2)S(=O)(=O)c2ccccc2)c1. The Morgan fingerprint density at radius 1 is 1.00 bits per heavy atom. The molecule has 1 fully saturated rings. The fraction of sp³-hybridized carbons (Fsp3) is 0.381. The molecule has 7 heteroatoms. The van der Waals surface area contributed by atoms with Gasteiger partial charge in [-0.05, 0) is 50.2 Å². The first-order chi connectivity index (χ1) is 13.3. The van der Waals surface area contributed by atoms with E-state index in [4.69, 9.17) is 0 Å². The van der Waals surface area contributed by atoms with E-state index in [2.05, 4.69) is 4.90 Å². The van der Waals surface area contributed by atoms with Crippen molar-refractivity contribution in [2.45, 2.75) is 18.7 Å². The number of rotatable bonds is 5. The number of sulfonamides is 1. The summed E-state index contributed by atoms with van der Waals surface area (Å²) in [4.78, 5) is 17.1. The Hall–Kier alpha value is -2.38. The number of carbonyl (C=O) groups excluding carboxylic acids is 1. The lowest BCUT2D eigenvalue weighted by Crippen LogP contribution is -2.51. The zero-order valence-electron chi connectivity index (χ0n) is 16.6. The number of carbonyl (C=O) groups is 1. The maximum absolute atomic E-state index is 13.4. The van der Waals surface area contributed by atoms with Crippen LogP contribution in [0.15, 0.2) is 53.4 Å². The Balaban J connectivity index is 1.98. The van der Waals surface area contributed by atoms with Crippen molar-refractivity contribution in [3.05, 3.63) is 59.7 Å². The van der Waals surface area contributed by atoms with Crippen LogP contribution in [0, 0.1) is 13.8 Å². The largest absolute Gasteiger partial charge is 0.339 e. The summed E-state index contributed by atoms with van der Waals surface area (Å²) in [5.41, 5.74) is 2.31. The number of benzene rings is 2. The molecule has 0 radical (unpaired) electrons. The van der Waals surface area contributed by atoms with Crippen LogP contribution in [0.25, 0.3) is 0 Å². The van der Waals surface area contributed by atoms with Crippen LogP contribution >= 0.6 is 0 Å². The highest BCUT2D eigenvalue weighted by Gasteiger charge is 2.30. The molecule has 0 bridgehead atoms. The van der Waals surface area contributed by atoms with Crippen LogP contribution in [0.2, 0.25) is 0 Å². The number of likely N-dealkylation sites (N-methyl/N-ethyl adjacent to an activating group) is 1. The minimum absolute atomic E-state index is 0.173. The lowest BCUT2D eigenvalue weighted by molar-refractivity contribution is -0.131. The van der Waals surface area contributed by atoms with Crippen LogP contribution in [0.1, 0.15) is 11.1 Å². The van der Waals surface area contributed by atoms with Gasteiger partial charge in [-0.2, -0.15) is 0 Å². The van der Waals surface area contributed by atoms with E-state index in [0.717, 1.165) is 24.2 Å². The molecule has 1 heterocycles. The Morgan fingerprint density at radius 2 is 1.64 bits per heavy atom. The van der Waals surface area contributed by atoms with Gasteiger partial charge in [-0.1, -0.05) is 30.3 Å². The molecule has 0 atom stereocenters. The summed E-state index contributed by atoms with van der Waals surface area (Å²) >= 11 is 0. The molecule has 0 spiro atoms. The summed E-state index contributed by atoms with van der Waals surface area (Å²) in [6, 6.07) is 13.9. The standard InChI is InChI=1S/C21H27N3O3S/c1-17-9-10-18(2)20(15-17)24(28(26,27)19-7-5-4-6-8-19)16-21(25)23-13-11-22(3)12-14-23/h4-10,15H,11-14,16H2,1-3H3. The van der Waals surface area contributed by atoms with Crippen molar-refractivity contribution < 1.29 is 13.2 Å². The maximum Gasteiger partial charge on any atom is 0.264 e. The number of piperazine rings is 1. The normalized spacial score (nSPS) is 15.5. The van der Waals surface area contributed by atoms with Crippen molar-refractivity contribution >= 4 is 21.6 Å². The van der Waals surface area contributed by atoms with Gasteiger partial charge in [0.2, 0.25) is 5.91 Å². The molecule has 0 aromatic heterocycles. The van der Waals surface area contributed by atoms with Crippen molar-refractivity contribution in [1.82, 2.24) is 9.80 Å².